The molecule has 1 aliphatic carbocycles. The zero-order valence-electron chi connectivity index (χ0n) is 10.2. The van der Waals surface area contributed by atoms with Crippen molar-refractivity contribution < 1.29 is 4.79 Å². The van der Waals surface area contributed by atoms with Crippen molar-refractivity contribution in [3.8, 4) is 0 Å². The maximum Gasteiger partial charge on any atom is 0.224 e. The Balaban J connectivity index is 2.14. The lowest BCUT2D eigenvalue weighted by molar-refractivity contribution is -0.117. The molecular weight excluding hydrogens is 252 g/mol. The Labute approximate surface area is 111 Å². The summed E-state index contributed by atoms with van der Waals surface area (Å²) in [5.41, 5.74) is 5.22. The molecule has 1 amide bonds. The zero-order valence-corrected chi connectivity index (χ0v) is 10.9. The van der Waals surface area contributed by atoms with Gasteiger partial charge in [-0.1, -0.05) is 12.8 Å². The van der Waals surface area contributed by atoms with Crippen molar-refractivity contribution in [2.75, 3.05) is 11.4 Å². The van der Waals surface area contributed by atoms with Gasteiger partial charge in [-0.05, 0) is 30.5 Å². The zero-order chi connectivity index (χ0) is 13.0. The second-order valence-corrected chi connectivity index (χ2v) is 4.87. The summed E-state index contributed by atoms with van der Waals surface area (Å²) in [6, 6.07) is 2.25. The van der Waals surface area contributed by atoms with E-state index in [0.29, 0.717) is 19.0 Å². The number of amides is 1. The van der Waals surface area contributed by atoms with Gasteiger partial charge >= 0.3 is 0 Å². The van der Waals surface area contributed by atoms with Crippen molar-refractivity contribution in [3.63, 3.8) is 0 Å². The highest BCUT2D eigenvalue weighted by molar-refractivity contribution is 6.28. The molecule has 0 unspecified atom stereocenters. The highest BCUT2D eigenvalue weighted by atomic mass is 35.5. The van der Waals surface area contributed by atoms with Crippen LogP contribution in [0.4, 0.5) is 5.82 Å². The van der Waals surface area contributed by atoms with E-state index in [1.54, 1.807) is 6.20 Å². The number of carbonyl (C=O) groups excluding carboxylic acids is 1. The molecule has 1 saturated carbocycles. The summed E-state index contributed by atoms with van der Waals surface area (Å²) in [6.45, 7) is 0.591. The lowest BCUT2D eigenvalue weighted by Crippen LogP contribution is -2.36. The van der Waals surface area contributed by atoms with Crippen molar-refractivity contribution >= 4 is 23.3 Å². The van der Waals surface area contributed by atoms with Crippen LogP contribution >= 0.6 is 11.6 Å². The number of rotatable bonds is 5. The van der Waals surface area contributed by atoms with E-state index in [2.05, 4.69) is 14.9 Å². The van der Waals surface area contributed by atoms with Crippen LogP contribution in [-0.2, 0) is 4.79 Å². The van der Waals surface area contributed by atoms with Gasteiger partial charge < -0.3 is 10.6 Å². The molecule has 1 fully saturated rings. The van der Waals surface area contributed by atoms with Crippen LogP contribution < -0.4 is 10.6 Å². The number of anilines is 1. The minimum Gasteiger partial charge on any atom is -0.370 e. The van der Waals surface area contributed by atoms with Gasteiger partial charge in [0.2, 0.25) is 11.2 Å². The van der Waals surface area contributed by atoms with Crippen molar-refractivity contribution in [1.82, 2.24) is 9.97 Å². The number of carbonyl (C=O) groups is 1. The average molecular weight is 269 g/mol. The van der Waals surface area contributed by atoms with E-state index in [-0.39, 0.29) is 11.2 Å². The predicted molar refractivity (Wildman–Crippen MR) is 70.5 cm³/mol. The summed E-state index contributed by atoms with van der Waals surface area (Å²) in [6.07, 6.45) is 6.66. The van der Waals surface area contributed by atoms with Gasteiger partial charge in [-0.25, -0.2) is 9.97 Å². The first-order chi connectivity index (χ1) is 8.66. The molecule has 5 nitrogen and oxygen atoms in total. The number of halogens is 1. The molecule has 0 radical (unpaired) electrons. The van der Waals surface area contributed by atoms with Crippen LogP contribution in [0.2, 0.25) is 5.28 Å². The number of hydrogen-bond donors (Lipinski definition) is 1. The van der Waals surface area contributed by atoms with Crippen LogP contribution in [-0.4, -0.2) is 28.5 Å². The fourth-order valence-corrected chi connectivity index (χ4v) is 2.56. The number of nitrogens with zero attached hydrogens (tertiary/aromatic N) is 3. The first-order valence-corrected chi connectivity index (χ1v) is 6.58. The molecule has 1 heterocycles. The molecule has 1 aromatic heterocycles. The second kappa shape index (κ2) is 6.00. The van der Waals surface area contributed by atoms with Gasteiger partial charge in [0.15, 0.2) is 0 Å². The third-order valence-electron chi connectivity index (χ3n) is 3.27. The van der Waals surface area contributed by atoms with E-state index in [1.807, 2.05) is 6.07 Å². The molecule has 18 heavy (non-hydrogen) atoms. The molecule has 2 rings (SSSR count). The first kappa shape index (κ1) is 13.1. The second-order valence-electron chi connectivity index (χ2n) is 4.53. The van der Waals surface area contributed by atoms with Crippen molar-refractivity contribution in [2.24, 2.45) is 5.73 Å². The lowest BCUT2D eigenvalue weighted by atomic mass is 10.2. The normalized spacial score (nSPS) is 15.8. The molecule has 0 spiro atoms. The summed E-state index contributed by atoms with van der Waals surface area (Å²) in [7, 11) is 0. The SMILES string of the molecule is NC(=O)CCN(c1ccnc(Cl)n1)C1CCCC1. The van der Waals surface area contributed by atoms with Crippen LogP contribution in [0, 0.1) is 0 Å². The van der Waals surface area contributed by atoms with Crippen LogP contribution in [0.1, 0.15) is 32.1 Å². The first-order valence-electron chi connectivity index (χ1n) is 6.20. The Kier molecular flexibility index (Phi) is 4.36. The van der Waals surface area contributed by atoms with E-state index in [0.717, 1.165) is 18.7 Å². The highest BCUT2D eigenvalue weighted by Crippen LogP contribution is 2.27. The molecule has 0 aromatic carbocycles. The summed E-state index contributed by atoms with van der Waals surface area (Å²) in [4.78, 5) is 21.2. The summed E-state index contributed by atoms with van der Waals surface area (Å²) in [5.74, 6) is 0.487. The monoisotopic (exact) mass is 268 g/mol. The van der Waals surface area contributed by atoms with Crippen LogP contribution in [0.15, 0.2) is 12.3 Å². The molecule has 0 saturated heterocycles. The van der Waals surface area contributed by atoms with Gasteiger partial charge in [0.25, 0.3) is 0 Å². The van der Waals surface area contributed by atoms with Crippen molar-refractivity contribution in [2.45, 2.75) is 38.1 Å². The van der Waals surface area contributed by atoms with Gasteiger partial charge in [-0.3, -0.25) is 4.79 Å². The van der Waals surface area contributed by atoms with Crippen molar-refractivity contribution in [1.29, 1.82) is 0 Å². The third-order valence-corrected chi connectivity index (χ3v) is 3.45. The topological polar surface area (TPSA) is 72.1 Å². The fraction of sp³-hybridized carbons (Fsp3) is 0.583. The molecule has 1 aromatic rings. The van der Waals surface area contributed by atoms with E-state index < -0.39 is 0 Å². The molecular formula is C12H17ClN4O. The maximum absolute atomic E-state index is 11.0. The Morgan fingerprint density at radius 2 is 2.22 bits per heavy atom. The fourth-order valence-electron chi connectivity index (χ4n) is 2.42. The molecule has 2 N–H and O–H groups in total. The minimum absolute atomic E-state index is 0.231. The number of nitrogens with two attached hydrogens (primary N) is 1. The van der Waals surface area contributed by atoms with E-state index in [1.165, 1.54) is 12.8 Å². The summed E-state index contributed by atoms with van der Waals surface area (Å²) in [5, 5.41) is 0.231. The third kappa shape index (κ3) is 3.32. The minimum atomic E-state index is -0.293. The Morgan fingerprint density at radius 1 is 1.50 bits per heavy atom. The van der Waals surface area contributed by atoms with E-state index in [9.17, 15) is 4.79 Å². The van der Waals surface area contributed by atoms with Crippen LogP contribution in [0.3, 0.4) is 0 Å². The van der Waals surface area contributed by atoms with Gasteiger partial charge in [0.1, 0.15) is 5.82 Å². The van der Waals surface area contributed by atoms with Gasteiger partial charge in [-0.15, -0.1) is 0 Å². The number of hydrogen-bond acceptors (Lipinski definition) is 4. The largest absolute Gasteiger partial charge is 0.370 e. The quantitative estimate of drug-likeness (QED) is 0.826. The van der Waals surface area contributed by atoms with Gasteiger partial charge in [0, 0.05) is 25.2 Å². The van der Waals surface area contributed by atoms with Gasteiger partial charge in [0.05, 0.1) is 0 Å². The molecule has 1 aliphatic rings. The molecule has 0 aliphatic heterocycles. The molecule has 6 heteroatoms. The van der Waals surface area contributed by atoms with Gasteiger partial charge in [-0.2, -0.15) is 0 Å². The molecule has 0 atom stereocenters. The molecule has 98 valence electrons. The molecule has 0 bridgehead atoms. The average Bonchev–Trinajstić information content (AvgIpc) is 2.83. The van der Waals surface area contributed by atoms with E-state index in [4.69, 9.17) is 17.3 Å². The smallest absolute Gasteiger partial charge is 0.224 e. The Morgan fingerprint density at radius 3 is 2.83 bits per heavy atom. The Hall–Kier alpha value is -1.36. The number of primary amides is 1. The highest BCUT2D eigenvalue weighted by Gasteiger charge is 2.24. The van der Waals surface area contributed by atoms with Crippen LogP contribution in [0.5, 0.6) is 0 Å². The lowest BCUT2D eigenvalue weighted by Gasteiger charge is -2.29. The summed E-state index contributed by atoms with van der Waals surface area (Å²) < 4.78 is 0. The standard InChI is InChI=1S/C12H17ClN4O/c13-12-15-7-5-11(16-12)17(8-6-10(14)18)9-3-1-2-4-9/h5,7,9H,1-4,6,8H2,(H2,14,18). The van der Waals surface area contributed by atoms with Crippen molar-refractivity contribution in [3.05, 3.63) is 17.5 Å². The Bertz CT molecular complexity index is 420. The maximum atomic E-state index is 11.0. The summed E-state index contributed by atoms with van der Waals surface area (Å²) >= 11 is 5.82. The van der Waals surface area contributed by atoms with Crippen LogP contribution in [0.25, 0.3) is 0 Å². The van der Waals surface area contributed by atoms with E-state index >= 15 is 0 Å². The predicted octanol–water partition coefficient (Wildman–Crippen LogP) is 1.75. The number of aromatic nitrogens is 2.